The molecule has 1 fully saturated rings. The fourth-order valence-electron chi connectivity index (χ4n) is 2.09. The molecule has 3 rings (SSSR count). The molecule has 1 saturated carbocycles. The fourth-order valence-corrected chi connectivity index (χ4v) is 2.25. The van der Waals surface area contributed by atoms with Gasteiger partial charge in [-0.3, -0.25) is 9.78 Å². The van der Waals surface area contributed by atoms with Crippen molar-refractivity contribution in [2.45, 2.75) is 25.4 Å². The molecule has 1 N–H and O–H groups in total. The van der Waals surface area contributed by atoms with E-state index >= 15 is 0 Å². The molecule has 0 unspecified atom stereocenters. The molecule has 0 spiro atoms. The average Bonchev–Trinajstić information content (AvgIpc) is 3.18. The standard InChI is InChI=1S/C14H14ClN3O/c15-11-6-13(17-8-11)14(19)18(12-3-4-12)9-10-2-1-5-16-7-10/h1-2,5-8,12,17H,3-4,9H2. The summed E-state index contributed by atoms with van der Waals surface area (Å²) in [4.78, 5) is 21.3. The van der Waals surface area contributed by atoms with Gasteiger partial charge >= 0.3 is 0 Å². The zero-order valence-electron chi connectivity index (χ0n) is 10.3. The van der Waals surface area contributed by atoms with Gasteiger partial charge in [-0.2, -0.15) is 0 Å². The molecule has 98 valence electrons. The molecule has 1 amide bonds. The molecule has 0 saturated heterocycles. The van der Waals surface area contributed by atoms with Crippen molar-refractivity contribution in [3.63, 3.8) is 0 Å². The summed E-state index contributed by atoms with van der Waals surface area (Å²) in [6, 6.07) is 5.88. The number of hydrogen-bond donors (Lipinski definition) is 1. The highest BCUT2D eigenvalue weighted by molar-refractivity contribution is 6.30. The van der Waals surface area contributed by atoms with Crippen molar-refractivity contribution in [1.29, 1.82) is 0 Å². The van der Waals surface area contributed by atoms with Gasteiger partial charge in [-0.25, -0.2) is 0 Å². The third-order valence-electron chi connectivity index (χ3n) is 3.20. The van der Waals surface area contributed by atoms with E-state index in [2.05, 4.69) is 9.97 Å². The molecule has 0 atom stereocenters. The summed E-state index contributed by atoms with van der Waals surface area (Å²) >= 11 is 5.85. The number of nitrogens with zero attached hydrogens (tertiary/aromatic N) is 2. The number of aromatic nitrogens is 2. The largest absolute Gasteiger partial charge is 0.356 e. The summed E-state index contributed by atoms with van der Waals surface area (Å²) in [7, 11) is 0. The Bertz CT molecular complexity index is 577. The summed E-state index contributed by atoms with van der Waals surface area (Å²) in [5.41, 5.74) is 1.58. The second-order valence-corrected chi connectivity index (χ2v) is 5.19. The summed E-state index contributed by atoms with van der Waals surface area (Å²) in [5, 5.41) is 0.556. The van der Waals surface area contributed by atoms with Gasteiger partial charge in [-0.1, -0.05) is 17.7 Å². The van der Waals surface area contributed by atoms with E-state index in [0.29, 0.717) is 23.3 Å². The van der Waals surface area contributed by atoms with E-state index in [4.69, 9.17) is 11.6 Å². The molecule has 1 aliphatic carbocycles. The van der Waals surface area contributed by atoms with Gasteiger partial charge in [0, 0.05) is 31.2 Å². The van der Waals surface area contributed by atoms with E-state index in [0.717, 1.165) is 18.4 Å². The maximum absolute atomic E-state index is 12.5. The first-order chi connectivity index (χ1) is 9.24. The van der Waals surface area contributed by atoms with Gasteiger partial charge in [-0.15, -0.1) is 0 Å². The minimum atomic E-state index is -0.00162. The van der Waals surface area contributed by atoms with Crippen LogP contribution in [-0.2, 0) is 6.54 Å². The van der Waals surface area contributed by atoms with Crippen molar-refractivity contribution < 1.29 is 4.79 Å². The minimum Gasteiger partial charge on any atom is -0.356 e. The lowest BCUT2D eigenvalue weighted by Crippen LogP contribution is -2.32. The maximum Gasteiger partial charge on any atom is 0.270 e. The number of halogens is 1. The van der Waals surface area contributed by atoms with E-state index in [1.165, 1.54) is 0 Å². The smallest absolute Gasteiger partial charge is 0.270 e. The van der Waals surface area contributed by atoms with Crippen LogP contribution in [0.5, 0.6) is 0 Å². The quantitative estimate of drug-likeness (QED) is 0.933. The van der Waals surface area contributed by atoms with E-state index in [1.54, 1.807) is 24.7 Å². The molecule has 1 aliphatic rings. The summed E-state index contributed by atoms with van der Waals surface area (Å²) in [5.74, 6) is -0.00162. The Labute approximate surface area is 116 Å². The molecule has 0 aliphatic heterocycles. The van der Waals surface area contributed by atoms with Gasteiger partial charge in [0.25, 0.3) is 5.91 Å². The fraction of sp³-hybridized carbons (Fsp3) is 0.286. The molecule has 19 heavy (non-hydrogen) atoms. The van der Waals surface area contributed by atoms with Crippen LogP contribution in [0.25, 0.3) is 0 Å². The van der Waals surface area contributed by atoms with Crippen molar-refractivity contribution in [2.75, 3.05) is 0 Å². The van der Waals surface area contributed by atoms with Crippen LogP contribution in [0.2, 0.25) is 5.02 Å². The Morgan fingerprint density at radius 1 is 1.53 bits per heavy atom. The first-order valence-corrected chi connectivity index (χ1v) is 6.65. The highest BCUT2D eigenvalue weighted by Gasteiger charge is 2.33. The number of H-pyrrole nitrogens is 1. The van der Waals surface area contributed by atoms with Crippen molar-refractivity contribution >= 4 is 17.5 Å². The van der Waals surface area contributed by atoms with Gasteiger partial charge < -0.3 is 9.88 Å². The van der Waals surface area contributed by atoms with Crippen LogP contribution in [0.3, 0.4) is 0 Å². The van der Waals surface area contributed by atoms with Crippen LogP contribution in [-0.4, -0.2) is 26.8 Å². The Morgan fingerprint density at radius 2 is 2.37 bits per heavy atom. The first-order valence-electron chi connectivity index (χ1n) is 6.28. The number of nitrogens with one attached hydrogen (secondary N) is 1. The average molecular weight is 276 g/mol. The van der Waals surface area contributed by atoms with Crippen LogP contribution in [0.1, 0.15) is 28.9 Å². The van der Waals surface area contributed by atoms with E-state index < -0.39 is 0 Å². The number of aromatic amines is 1. The van der Waals surface area contributed by atoms with E-state index in [9.17, 15) is 4.79 Å². The number of carbonyl (C=O) groups is 1. The zero-order valence-corrected chi connectivity index (χ0v) is 11.1. The van der Waals surface area contributed by atoms with Crippen LogP contribution >= 0.6 is 11.6 Å². The molecule has 0 aromatic carbocycles. The third-order valence-corrected chi connectivity index (χ3v) is 3.42. The number of pyridine rings is 1. The summed E-state index contributed by atoms with van der Waals surface area (Å²) in [6.07, 6.45) is 7.30. The number of amides is 1. The van der Waals surface area contributed by atoms with E-state index in [-0.39, 0.29) is 5.91 Å². The van der Waals surface area contributed by atoms with Crippen molar-refractivity contribution in [2.24, 2.45) is 0 Å². The predicted octanol–water partition coefficient (Wildman–Crippen LogP) is 2.87. The Kier molecular flexibility index (Phi) is 3.25. The van der Waals surface area contributed by atoms with Gasteiger partial charge in [0.2, 0.25) is 0 Å². The Hall–Kier alpha value is -1.81. The normalized spacial score (nSPS) is 14.4. The SMILES string of the molecule is O=C(c1cc(Cl)c[nH]1)N(Cc1cccnc1)C1CC1. The molecule has 0 bridgehead atoms. The van der Waals surface area contributed by atoms with Gasteiger partial charge in [0.05, 0.1) is 5.02 Å². The van der Waals surface area contributed by atoms with Crippen molar-refractivity contribution in [1.82, 2.24) is 14.9 Å². The number of carbonyl (C=O) groups excluding carboxylic acids is 1. The zero-order chi connectivity index (χ0) is 13.2. The minimum absolute atomic E-state index is 0.00162. The van der Waals surface area contributed by atoms with Gasteiger partial charge in [0.1, 0.15) is 5.69 Å². The highest BCUT2D eigenvalue weighted by Crippen LogP contribution is 2.29. The van der Waals surface area contributed by atoms with Gasteiger partial charge in [0.15, 0.2) is 0 Å². The first kappa shape index (κ1) is 12.2. The van der Waals surface area contributed by atoms with Crippen LogP contribution in [0.15, 0.2) is 36.8 Å². The third kappa shape index (κ3) is 2.79. The second-order valence-electron chi connectivity index (χ2n) is 4.76. The van der Waals surface area contributed by atoms with Crippen molar-refractivity contribution in [3.8, 4) is 0 Å². The highest BCUT2D eigenvalue weighted by atomic mass is 35.5. The topological polar surface area (TPSA) is 49.0 Å². The Morgan fingerprint density at radius 3 is 2.95 bits per heavy atom. The lowest BCUT2D eigenvalue weighted by molar-refractivity contribution is 0.0724. The molecule has 2 aromatic rings. The predicted molar refractivity (Wildman–Crippen MR) is 72.9 cm³/mol. The van der Waals surface area contributed by atoms with E-state index in [1.807, 2.05) is 17.0 Å². The molecule has 4 nitrogen and oxygen atoms in total. The molecule has 2 heterocycles. The van der Waals surface area contributed by atoms with Crippen molar-refractivity contribution in [3.05, 3.63) is 53.1 Å². The number of rotatable bonds is 4. The van der Waals surface area contributed by atoms with Crippen LogP contribution in [0.4, 0.5) is 0 Å². The lowest BCUT2D eigenvalue weighted by Gasteiger charge is -2.21. The molecule has 5 heteroatoms. The summed E-state index contributed by atoms with van der Waals surface area (Å²) < 4.78 is 0. The molecule has 0 radical (unpaired) electrons. The Balaban J connectivity index is 1.79. The number of hydrogen-bond acceptors (Lipinski definition) is 2. The summed E-state index contributed by atoms with van der Waals surface area (Å²) in [6.45, 7) is 0.591. The lowest BCUT2D eigenvalue weighted by atomic mass is 10.2. The van der Waals surface area contributed by atoms with Crippen LogP contribution in [0, 0.1) is 0 Å². The second kappa shape index (κ2) is 5.05. The molecular weight excluding hydrogens is 262 g/mol. The van der Waals surface area contributed by atoms with Crippen LogP contribution < -0.4 is 0 Å². The van der Waals surface area contributed by atoms with Gasteiger partial charge in [-0.05, 0) is 30.5 Å². The molecular formula is C14H14ClN3O. The monoisotopic (exact) mass is 275 g/mol. The maximum atomic E-state index is 12.5. The molecule has 2 aromatic heterocycles.